The Balaban J connectivity index is 1.54. The summed E-state index contributed by atoms with van der Waals surface area (Å²) in [5, 5.41) is 3.37. The van der Waals surface area contributed by atoms with Gasteiger partial charge in [-0.3, -0.25) is 0 Å². The SMILES string of the molecule is NCCOc1ccc(CNC2=CN=C3N=CN=C3C2)cc1. The Kier molecular flexibility index (Phi) is 4.07. The van der Waals surface area contributed by atoms with Gasteiger partial charge in [0, 0.05) is 31.4 Å². The van der Waals surface area contributed by atoms with Gasteiger partial charge in [0.05, 0.1) is 5.71 Å². The number of benzene rings is 1. The minimum Gasteiger partial charge on any atom is -0.492 e. The van der Waals surface area contributed by atoms with E-state index in [1.165, 1.54) is 5.56 Å². The largest absolute Gasteiger partial charge is 0.492 e. The van der Waals surface area contributed by atoms with Gasteiger partial charge in [-0.05, 0) is 17.7 Å². The standard InChI is InChI=1S/C15H17N5O/c16-5-6-21-13-3-1-11(2-4-13)8-17-12-7-14-15(18-9-12)20-10-19-14/h1-4,9-10,17H,5-8,16H2. The molecule has 0 fully saturated rings. The zero-order valence-corrected chi connectivity index (χ0v) is 11.6. The first-order chi connectivity index (χ1) is 10.3. The van der Waals surface area contributed by atoms with Crippen molar-refractivity contribution >= 4 is 17.9 Å². The summed E-state index contributed by atoms with van der Waals surface area (Å²) in [6, 6.07) is 7.97. The third kappa shape index (κ3) is 3.35. The van der Waals surface area contributed by atoms with E-state index in [1.807, 2.05) is 30.5 Å². The average Bonchev–Trinajstić information content (AvgIpc) is 2.99. The van der Waals surface area contributed by atoms with Gasteiger partial charge in [-0.15, -0.1) is 0 Å². The van der Waals surface area contributed by atoms with Crippen LogP contribution >= 0.6 is 0 Å². The van der Waals surface area contributed by atoms with E-state index in [4.69, 9.17) is 10.5 Å². The molecule has 0 amide bonds. The van der Waals surface area contributed by atoms with Crippen molar-refractivity contribution in [3.05, 3.63) is 41.7 Å². The first-order valence-corrected chi connectivity index (χ1v) is 6.87. The minimum absolute atomic E-state index is 0.521. The van der Waals surface area contributed by atoms with Crippen LogP contribution in [0.2, 0.25) is 0 Å². The van der Waals surface area contributed by atoms with Crippen LogP contribution in [0.15, 0.2) is 51.1 Å². The summed E-state index contributed by atoms with van der Waals surface area (Å²) >= 11 is 0. The smallest absolute Gasteiger partial charge is 0.175 e. The second-order valence-electron chi connectivity index (χ2n) is 4.74. The number of fused-ring (bicyclic) bond motifs is 1. The van der Waals surface area contributed by atoms with Gasteiger partial charge in [-0.1, -0.05) is 12.1 Å². The Morgan fingerprint density at radius 2 is 2.05 bits per heavy atom. The molecule has 0 aromatic heterocycles. The van der Waals surface area contributed by atoms with Crippen molar-refractivity contribution < 1.29 is 4.74 Å². The molecular weight excluding hydrogens is 266 g/mol. The summed E-state index contributed by atoms with van der Waals surface area (Å²) in [6.45, 7) is 1.80. The second-order valence-corrected chi connectivity index (χ2v) is 4.74. The quantitative estimate of drug-likeness (QED) is 0.823. The first kappa shape index (κ1) is 13.5. The van der Waals surface area contributed by atoms with Crippen LogP contribution < -0.4 is 15.8 Å². The zero-order valence-electron chi connectivity index (χ0n) is 11.6. The summed E-state index contributed by atoms with van der Waals surface area (Å²) in [4.78, 5) is 12.5. The van der Waals surface area contributed by atoms with Gasteiger partial charge in [0.2, 0.25) is 0 Å². The summed E-state index contributed by atoms with van der Waals surface area (Å²) < 4.78 is 5.45. The predicted molar refractivity (Wildman–Crippen MR) is 83.9 cm³/mol. The number of hydrogen-bond acceptors (Lipinski definition) is 6. The van der Waals surface area contributed by atoms with E-state index in [0.717, 1.165) is 36.0 Å². The summed E-state index contributed by atoms with van der Waals surface area (Å²) in [7, 11) is 0. The molecule has 1 aromatic rings. The molecule has 6 heteroatoms. The molecule has 21 heavy (non-hydrogen) atoms. The molecule has 6 nitrogen and oxygen atoms in total. The highest BCUT2D eigenvalue weighted by Gasteiger charge is 2.17. The zero-order chi connectivity index (χ0) is 14.5. The van der Waals surface area contributed by atoms with Crippen molar-refractivity contribution in [2.24, 2.45) is 20.7 Å². The normalized spacial score (nSPS) is 16.0. The molecule has 2 aliphatic rings. The highest BCUT2D eigenvalue weighted by Crippen LogP contribution is 2.15. The predicted octanol–water partition coefficient (Wildman–Crippen LogP) is 1.24. The van der Waals surface area contributed by atoms with Crippen LogP contribution in [-0.2, 0) is 6.54 Å². The van der Waals surface area contributed by atoms with Crippen LogP contribution in [0.1, 0.15) is 12.0 Å². The van der Waals surface area contributed by atoms with E-state index in [0.29, 0.717) is 13.2 Å². The third-order valence-electron chi connectivity index (χ3n) is 3.18. The van der Waals surface area contributed by atoms with Gasteiger partial charge in [-0.25, -0.2) is 15.0 Å². The number of nitrogens with zero attached hydrogens (tertiary/aromatic N) is 3. The average molecular weight is 283 g/mol. The van der Waals surface area contributed by atoms with Crippen molar-refractivity contribution in [3.63, 3.8) is 0 Å². The fraction of sp³-hybridized carbons (Fsp3) is 0.267. The van der Waals surface area contributed by atoms with Gasteiger partial charge in [0.1, 0.15) is 18.7 Å². The monoisotopic (exact) mass is 283 g/mol. The van der Waals surface area contributed by atoms with Crippen LogP contribution in [0.4, 0.5) is 0 Å². The van der Waals surface area contributed by atoms with Crippen molar-refractivity contribution in [3.8, 4) is 5.75 Å². The fourth-order valence-corrected chi connectivity index (χ4v) is 2.09. The van der Waals surface area contributed by atoms with E-state index in [-0.39, 0.29) is 0 Å². The molecule has 0 unspecified atom stereocenters. The van der Waals surface area contributed by atoms with Crippen LogP contribution in [0.25, 0.3) is 0 Å². The maximum atomic E-state index is 5.45. The fourth-order valence-electron chi connectivity index (χ4n) is 2.09. The van der Waals surface area contributed by atoms with Crippen LogP contribution in [0.5, 0.6) is 5.75 Å². The topological polar surface area (TPSA) is 84.4 Å². The highest BCUT2D eigenvalue weighted by atomic mass is 16.5. The number of aliphatic imine (C=N–C) groups is 3. The summed E-state index contributed by atoms with van der Waals surface area (Å²) in [5.74, 6) is 1.56. The molecular formula is C15H17N5O. The molecule has 0 bridgehead atoms. The molecule has 2 aliphatic heterocycles. The van der Waals surface area contributed by atoms with Gasteiger partial charge in [-0.2, -0.15) is 0 Å². The van der Waals surface area contributed by atoms with Crippen LogP contribution in [-0.4, -0.2) is 31.0 Å². The van der Waals surface area contributed by atoms with Gasteiger partial charge in [0.15, 0.2) is 5.84 Å². The third-order valence-corrected chi connectivity index (χ3v) is 3.18. The van der Waals surface area contributed by atoms with Crippen molar-refractivity contribution in [1.82, 2.24) is 5.32 Å². The lowest BCUT2D eigenvalue weighted by Gasteiger charge is -2.14. The highest BCUT2D eigenvalue weighted by molar-refractivity contribution is 6.47. The van der Waals surface area contributed by atoms with E-state index in [9.17, 15) is 0 Å². The Bertz CT molecular complexity index is 628. The molecule has 1 aromatic carbocycles. The van der Waals surface area contributed by atoms with Crippen molar-refractivity contribution in [1.29, 1.82) is 0 Å². The number of ether oxygens (including phenoxy) is 1. The second kappa shape index (κ2) is 6.32. The number of hydrogen-bond donors (Lipinski definition) is 2. The van der Waals surface area contributed by atoms with Gasteiger partial charge in [0.25, 0.3) is 0 Å². The van der Waals surface area contributed by atoms with E-state index in [2.05, 4.69) is 20.3 Å². The maximum Gasteiger partial charge on any atom is 0.175 e. The summed E-state index contributed by atoms with van der Waals surface area (Å²) in [6.07, 6.45) is 4.11. The Morgan fingerprint density at radius 1 is 1.19 bits per heavy atom. The molecule has 0 atom stereocenters. The Hall–Kier alpha value is -2.47. The maximum absolute atomic E-state index is 5.45. The minimum atomic E-state index is 0.521. The lowest BCUT2D eigenvalue weighted by atomic mass is 10.1. The molecule has 3 rings (SSSR count). The number of allylic oxidation sites excluding steroid dienone is 1. The van der Waals surface area contributed by atoms with E-state index in [1.54, 1.807) is 6.34 Å². The lowest BCUT2D eigenvalue weighted by Crippen LogP contribution is -2.21. The van der Waals surface area contributed by atoms with E-state index < -0.39 is 0 Å². The van der Waals surface area contributed by atoms with E-state index >= 15 is 0 Å². The van der Waals surface area contributed by atoms with Gasteiger partial charge >= 0.3 is 0 Å². The Morgan fingerprint density at radius 3 is 2.86 bits per heavy atom. The molecule has 3 N–H and O–H groups in total. The number of nitrogens with one attached hydrogen (secondary N) is 1. The van der Waals surface area contributed by atoms with Crippen molar-refractivity contribution in [2.45, 2.75) is 13.0 Å². The molecule has 0 saturated carbocycles. The molecule has 0 aliphatic carbocycles. The molecule has 0 spiro atoms. The summed E-state index contributed by atoms with van der Waals surface area (Å²) in [5.41, 5.74) is 8.55. The number of nitrogens with two attached hydrogens (primary N) is 1. The van der Waals surface area contributed by atoms with Crippen LogP contribution in [0.3, 0.4) is 0 Å². The Labute approximate surface area is 123 Å². The molecule has 2 heterocycles. The number of rotatable bonds is 6. The van der Waals surface area contributed by atoms with Crippen molar-refractivity contribution in [2.75, 3.05) is 13.2 Å². The molecule has 0 saturated heterocycles. The first-order valence-electron chi connectivity index (χ1n) is 6.87. The number of amidine groups is 1. The lowest BCUT2D eigenvalue weighted by molar-refractivity contribution is 0.328. The van der Waals surface area contributed by atoms with Gasteiger partial charge < -0.3 is 15.8 Å². The molecule has 108 valence electrons. The van der Waals surface area contributed by atoms with Crippen LogP contribution in [0, 0.1) is 0 Å². The molecule has 0 radical (unpaired) electrons.